The molecule has 1 atom stereocenters. The maximum absolute atomic E-state index is 12.4. The van der Waals surface area contributed by atoms with Gasteiger partial charge in [-0.1, -0.05) is 18.2 Å². The van der Waals surface area contributed by atoms with Crippen molar-refractivity contribution in [1.29, 1.82) is 5.26 Å². The number of hydrogen-bond acceptors (Lipinski definition) is 3. The molecular formula is C11H12F2N2O. The maximum Gasteiger partial charge on any atom is 0.263 e. The lowest BCUT2D eigenvalue weighted by molar-refractivity contribution is 0.151. The topological polar surface area (TPSA) is 56.0 Å². The van der Waals surface area contributed by atoms with Crippen LogP contribution in [0, 0.1) is 11.3 Å². The smallest absolute Gasteiger partial charge is 0.263 e. The monoisotopic (exact) mass is 226 g/mol. The largest absolute Gasteiger partial charge is 0.395 e. The summed E-state index contributed by atoms with van der Waals surface area (Å²) >= 11 is 0. The summed E-state index contributed by atoms with van der Waals surface area (Å²) in [5.74, 6) is 0. The zero-order valence-electron chi connectivity index (χ0n) is 8.53. The molecule has 5 heteroatoms. The average molecular weight is 226 g/mol. The van der Waals surface area contributed by atoms with Crippen LogP contribution in [-0.4, -0.2) is 18.3 Å². The third-order valence-corrected chi connectivity index (χ3v) is 2.09. The minimum atomic E-state index is -2.54. The Kier molecular flexibility index (Phi) is 4.83. The Balaban J connectivity index is 2.85. The van der Waals surface area contributed by atoms with Crippen molar-refractivity contribution in [2.45, 2.75) is 12.5 Å². The van der Waals surface area contributed by atoms with Crippen molar-refractivity contribution in [1.82, 2.24) is 5.32 Å². The van der Waals surface area contributed by atoms with Gasteiger partial charge in [-0.2, -0.15) is 5.26 Å². The summed E-state index contributed by atoms with van der Waals surface area (Å²) in [5, 5.41) is 20.2. The molecule has 0 saturated heterocycles. The molecule has 0 aliphatic carbocycles. The van der Waals surface area contributed by atoms with Crippen molar-refractivity contribution in [2.24, 2.45) is 0 Å². The molecule has 0 aliphatic heterocycles. The number of hydrogen-bond donors (Lipinski definition) is 2. The molecule has 0 fully saturated rings. The van der Waals surface area contributed by atoms with Crippen LogP contribution < -0.4 is 5.32 Å². The third kappa shape index (κ3) is 3.26. The third-order valence-electron chi connectivity index (χ3n) is 2.09. The molecule has 0 bridgehead atoms. The van der Waals surface area contributed by atoms with E-state index >= 15 is 0 Å². The number of nitriles is 1. The van der Waals surface area contributed by atoms with Crippen molar-refractivity contribution < 1.29 is 13.9 Å². The summed E-state index contributed by atoms with van der Waals surface area (Å²) in [6, 6.07) is 6.97. The zero-order valence-corrected chi connectivity index (χ0v) is 8.53. The van der Waals surface area contributed by atoms with E-state index in [0.29, 0.717) is 5.56 Å². The van der Waals surface area contributed by atoms with Gasteiger partial charge in [-0.05, 0) is 11.6 Å². The van der Waals surface area contributed by atoms with Crippen molar-refractivity contribution in [2.75, 3.05) is 13.2 Å². The van der Waals surface area contributed by atoms with Gasteiger partial charge < -0.3 is 5.11 Å². The number of nitrogens with one attached hydrogen (secondary N) is 1. The number of aliphatic hydroxyl groups is 1. The fraction of sp³-hybridized carbons (Fsp3) is 0.364. The number of halogens is 2. The Hall–Kier alpha value is -1.51. The summed E-state index contributed by atoms with van der Waals surface area (Å²) in [7, 11) is 0. The first-order valence-electron chi connectivity index (χ1n) is 4.81. The lowest BCUT2D eigenvalue weighted by Gasteiger charge is -2.11. The highest BCUT2D eigenvalue weighted by molar-refractivity contribution is 5.29. The number of nitrogens with zero attached hydrogens (tertiary/aromatic N) is 1. The molecule has 1 aromatic rings. The minimum Gasteiger partial charge on any atom is -0.395 e. The molecule has 0 spiro atoms. The standard InChI is InChI=1S/C11H12F2N2O/c12-11(13)9-3-1-2-8(6-9)10(7-14)15-4-5-16/h1-3,6,10-11,15-16H,4-5H2. The Bertz CT molecular complexity index is 376. The highest BCUT2D eigenvalue weighted by Gasteiger charge is 2.12. The van der Waals surface area contributed by atoms with Gasteiger partial charge in [0.2, 0.25) is 0 Å². The molecular weight excluding hydrogens is 214 g/mol. The predicted octanol–water partition coefficient (Wildman–Crippen LogP) is 1.77. The molecule has 0 aliphatic rings. The van der Waals surface area contributed by atoms with Gasteiger partial charge in [0, 0.05) is 12.1 Å². The van der Waals surface area contributed by atoms with Crippen LogP contribution in [0.4, 0.5) is 8.78 Å². The number of aliphatic hydroxyl groups excluding tert-OH is 1. The second-order valence-corrected chi connectivity index (χ2v) is 3.21. The highest BCUT2D eigenvalue weighted by atomic mass is 19.3. The first kappa shape index (κ1) is 12.6. The van der Waals surface area contributed by atoms with E-state index in [-0.39, 0.29) is 18.7 Å². The Morgan fingerprint density at radius 1 is 1.38 bits per heavy atom. The first-order valence-corrected chi connectivity index (χ1v) is 4.81. The van der Waals surface area contributed by atoms with E-state index in [1.165, 1.54) is 18.2 Å². The van der Waals surface area contributed by atoms with Crippen molar-refractivity contribution in [3.05, 3.63) is 35.4 Å². The van der Waals surface area contributed by atoms with Crippen molar-refractivity contribution in [3.63, 3.8) is 0 Å². The van der Waals surface area contributed by atoms with E-state index in [1.807, 2.05) is 6.07 Å². The summed E-state index contributed by atoms with van der Waals surface area (Å²) in [6.45, 7) is 0.143. The maximum atomic E-state index is 12.4. The molecule has 3 nitrogen and oxygen atoms in total. The van der Waals surface area contributed by atoms with E-state index < -0.39 is 12.5 Å². The average Bonchev–Trinajstić information content (AvgIpc) is 2.30. The lowest BCUT2D eigenvalue weighted by atomic mass is 10.1. The van der Waals surface area contributed by atoms with Gasteiger partial charge in [0.15, 0.2) is 0 Å². The van der Waals surface area contributed by atoms with E-state index in [1.54, 1.807) is 6.07 Å². The quantitative estimate of drug-likeness (QED) is 0.804. The van der Waals surface area contributed by atoms with Crippen LogP contribution in [0.15, 0.2) is 24.3 Å². The van der Waals surface area contributed by atoms with Crippen molar-refractivity contribution >= 4 is 0 Å². The molecule has 16 heavy (non-hydrogen) atoms. The normalized spacial score (nSPS) is 12.4. The second-order valence-electron chi connectivity index (χ2n) is 3.21. The lowest BCUT2D eigenvalue weighted by Crippen LogP contribution is -2.23. The number of alkyl halides is 2. The Morgan fingerprint density at radius 2 is 2.06 bits per heavy atom. The molecule has 0 radical (unpaired) electrons. The van der Waals surface area contributed by atoms with Gasteiger partial charge in [-0.15, -0.1) is 0 Å². The number of rotatable bonds is 5. The van der Waals surface area contributed by atoms with Crippen LogP contribution in [0.2, 0.25) is 0 Å². The fourth-order valence-electron chi connectivity index (χ4n) is 1.32. The van der Waals surface area contributed by atoms with E-state index in [4.69, 9.17) is 10.4 Å². The van der Waals surface area contributed by atoms with E-state index in [2.05, 4.69) is 5.32 Å². The summed E-state index contributed by atoms with van der Waals surface area (Å²) < 4.78 is 24.8. The Labute approximate surface area is 92.3 Å². The van der Waals surface area contributed by atoms with Crippen LogP contribution in [0.3, 0.4) is 0 Å². The van der Waals surface area contributed by atoms with E-state index in [9.17, 15) is 8.78 Å². The van der Waals surface area contributed by atoms with Gasteiger partial charge in [0.25, 0.3) is 6.43 Å². The second kappa shape index (κ2) is 6.16. The summed E-state index contributed by atoms with van der Waals surface area (Å²) in [5.41, 5.74) is 0.372. The van der Waals surface area contributed by atoms with Gasteiger partial charge in [-0.3, -0.25) is 5.32 Å². The molecule has 1 unspecified atom stereocenters. The fourth-order valence-corrected chi connectivity index (χ4v) is 1.32. The van der Waals surface area contributed by atoms with Crippen LogP contribution in [0.5, 0.6) is 0 Å². The van der Waals surface area contributed by atoms with Crippen LogP contribution in [-0.2, 0) is 0 Å². The minimum absolute atomic E-state index is 0.104. The number of benzene rings is 1. The summed E-state index contributed by atoms with van der Waals surface area (Å²) in [6.07, 6.45) is -2.54. The molecule has 1 aromatic carbocycles. The van der Waals surface area contributed by atoms with Crippen LogP contribution in [0.25, 0.3) is 0 Å². The van der Waals surface area contributed by atoms with Gasteiger partial charge in [-0.25, -0.2) is 8.78 Å². The van der Waals surface area contributed by atoms with Crippen LogP contribution >= 0.6 is 0 Å². The Morgan fingerprint density at radius 3 is 2.62 bits per heavy atom. The molecule has 86 valence electrons. The molecule has 0 amide bonds. The molecule has 0 heterocycles. The van der Waals surface area contributed by atoms with E-state index in [0.717, 1.165) is 0 Å². The van der Waals surface area contributed by atoms with Crippen LogP contribution in [0.1, 0.15) is 23.6 Å². The zero-order chi connectivity index (χ0) is 12.0. The van der Waals surface area contributed by atoms with Gasteiger partial charge in [0.1, 0.15) is 6.04 Å². The van der Waals surface area contributed by atoms with Gasteiger partial charge >= 0.3 is 0 Å². The molecule has 0 aromatic heterocycles. The molecule has 1 rings (SSSR count). The first-order chi connectivity index (χ1) is 7.69. The highest BCUT2D eigenvalue weighted by Crippen LogP contribution is 2.22. The molecule has 0 saturated carbocycles. The SMILES string of the molecule is N#CC(NCCO)c1cccc(C(F)F)c1. The van der Waals surface area contributed by atoms with Gasteiger partial charge in [0.05, 0.1) is 12.7 Å². The summed E-state index contributed by atoms with van der Waals surface area (Å²) in [4.78, 5) is 0. The van der Waals surface area contributed by atoms with Crippen molar-refractivity contribution in [3.8, 4) is 6.07 Å². The predicted molar refractivity (Wildman–Crippen MR) is 54.8 cm³/mol. The molecule has 2 N–H and O–H groups in total.